The second-order valence-electron chi connectivity index (χ2n) is 6.45. The maximum Gasteiger partial charge on any atom is 0.0726 e. The molecule has 0 aromatic carbocycles. The molecule has 4 aliphatic rings. The van der Waals surface area contributed by atoms with E-state index < -0.39 is 0 Å². The zero-order chi connectivity index (χ0) is 13.7. The van der Waals surface area contributed by atoms with Crippen molar-refractivity contribution >= 4 is 11.9 Å². The number of aliphatic hydroxyl groups is 2. The first-order valence-electron chi connectivity index (χ1n) is 7.63. The van der Waals surface area contributed by atoms with Crippen LogP contribution in [-0.4, -0.2) is 34.3 Å². The van der Waals surface area contributed by atoms with Gasteiger partial charge in [0.2, 0.25) is 0 Å². The molecule has 4 nitrogen and oxygen atoms in total. The van der Waals surface area contributed by atoms with E-state index in [-0.39, 0.29) is 18.1 Å². The largest absolute Gasteiger partial charge is 0.393 e. The molecule has 4 rings (SSSR count). The van der Waals surface area contributed by atoms with Gasteiger partial charge in [-0.1, -0.05) is 5.57 Å². The molecule has 0 amide bonds. The summed E-state index contributed by atoms with van der Waals surface area (Å²) in [6.45, 7) is 0. The fourth-order valence-corrected chi connectivity index (χ4v) is 4.20. The first-order chi connectivity index (χ1) is 9.72. The lowest BCUT2D eigenvalue weighted by Gasteiger charge is -2.32. The summed E-state index contributed by atoms with van der Waals surface area (Å²) in [6.07, 6.45) is 8.87. The molecule has 0 aromatic heterocycles. The van der Waals surface area contributed by atoms with Crippen LogP contribution < -0.4 is 0 Å². The standard InChI is InChI=1S/C16H20N2O2/c19-11-2-3-12-9(5-11)1-4-16(20)14-7-15-10(6-13(12)14)8-17-18-15/h6,8-9,11,14,16,19-20H,1-5,7H2. The van der Waals surface area contributed by atoms with Crippen LogP contribution in [0.2, 0.25) is 0 Å². The van der Waals surface area contributed by atoms with E-state index in [1.807, 2.05) is 6.21 Å². The lowest BCUT2D eigenvalue weighted by atomic mass is 9.74. The Balaban J connectivity index is 1.80. The Morgan fingerprint density at radius 2 is 2.05 bits per heavy atom. The van der Waals surface area contributed by atoms with Crippen LogP contribution in [0.3, 0.4) is 0 Å². The van der Waals surface area contributed by atoms with Crippen LogP contribution in [0.1, 0.15) is 38.5 Å². The molecule has 4 unspecified atom stereocenters. The van der Waals surface area contributed by atoms with Crippen LogP contribution in [0, 0.1) is 11.8 Å². The molecule has 0 aromatic rings. The van der Waals surface area contributed by atoms with E-state index in [0.29, 0.717) is 5.92 Å². The highest BCUT2D eigenvalue weighted by Crippen LogP contribution is 2.44. The number of aliphatic hydroxyl groups excluding tert-OH is 2. The van der Waals surface area contributed by atoms with Crippen LogP contribution in [-0.2, 0) is 0 Å². The van der Waals surface area contributed by atoms with Gasteiger partial charge in [-0.05, 0) is 49.7 Å². The molecular formula is C16H20N2O2. The average Bonchev–Trinajstić information content (AvgIpc) is 2.86. The van der Waals surface area contributed by atoms with Crippen molar-refractivity contribution in [1.82, 2.24) is 0 Å². The van der Waals surface area contributed by atoms with Gasteiger partial charge in [-0.3, -0.25) is 0 Å². The van der Waals surface area contributed by atoms with Gasteiger partial charge in [-0.2, -0.15) is 10.2 Å². The Hall–Kier alpha value is -1.26. The van der Waals surface area contributed by atoms with E-state index >= 15 is 0 Å². The summed E-state index contributed by atoms with van der Waals surface area (Å²) in [4.78, 5) is 0. The minimum atomic E-state index is -0.290. The molecule has 4 heteroatoms. The Bertz CT molecular complexity index is 559. The summed E-state index contributed by atoms with van der Waals surface area (Å²) >= 11 is 0. The second kappa shape index (κ2) is 4.64. The number of fused-ring (bicyclic) bond motifs is 3. The molecule has 1 heterocycles. The Kier molecular flexibility index (Phi) is 2.89. The second-order valence-corrected chi connectivity index (χ2v) is 6.45. The number of nitrogens with zero attached hydrogens (tertiary/aromatic N) is 2. The third-order valence-corrected chi connectivity index (χ3v) is 5.27. The number of hydrogen-bond acceptors (Lipinski definition) is 4. The van der Waals surface area contributed by atoms with E-state index in [2.05, 4.69) is 16.3 Å². The van der Waals surface area contributed by atoms with Crippen molar-refractivity contribution in [3.05, 3.63) is 22.8 Å². The van der Waals surface area contributed by atoms with Crippen LogP contribution in [0.25, 0.3) is 0 Å². The SMILES string of the molecule is OC1CCC2=C3C=C4C=NN=C4CC3C(O)CCC2C1. The highest BCUT2D eigenvalue weighted by Gasteiger charge is 2.38. The van der Waals surface area contributed by atoms with Crippen molar-refractivity contribution in [2.75, 3.05) is 0 Å². The zero-order valence-corrected chi connectivity index (χ0v) is 11.5. The Morgan fingerprint density at radius 1 is 1.15 bits per heavy atom. The van der Waals surface area contributed by atoms with Gasteiger partial charge < -0.3 is 10.2 Å². The topological polar surface area (TPSA) is 65.2 Å². The molecular weight excluding hydrogens is 252 g/mol. The van der Waals surface area contributed by atoms with Gasteiger partial charge in [0, 0.05) is 17.9 Å². The van der Waals surface area contributed by atoms with Crippen LogP contribution in [0.15, 0.2) is 33.0 Å². The van der Waals surface area contributed by atoms with E-state index in [9.17, 15) is 10.2 Å². The minimum Gasteiger partial charge on any atom is -0.393 e. The van der Waals surface area contributed by atoms with Crippen molar-refractivity contribution in [3.8, 4) is 0 Å². The summed E-state index contributed by atoms with van der Waals surface area (Å²) in [6, 6.07) is 0. The van der Waals surface area contributed by atoms with Gasteiger partial charge in [0.05, 0.1) is 24.1 Å². The summed E-state index contributed by atoms with van der Waals surface area (Å²) in [5.74, 6) is 0.622. The molecule has 4 atom stereocenters. The predicted molar refractivity (Wildman–Crippen MR) is 77.7 cm³/mol. The smallest absolute Gasteiger partial charge is 0.0726 e. The monoisotopic (exact) mass is 272 g/mol. The first kappa shape index (κ1) is 12.5. The van der Waals surface area contributed by atoms with Crippen LogP contribution >= 0.6 is 0 Å². The molecule has 0 saturated heterocycles. The van der Waals surface area contributed by atoms with Crippen LogP contribution in [0.5, 0.6) is 0 Å². The van der Waals surface area contributed by atoms with Crippen molar-refractivity contribution in [2.45, 2.75) is 50.7 Å². The molecule has 1 saturated carbocycles. The molecule has 1 aliphatic heterocycles. The average molecular weight is 272 g/mol. The van der Waals surface area contributed by atoms with Crippen molar-refractivity contribution < 1.29 is 10.2 Å². The Labute approximate surface area is 118 Å². The van der Waals surface area contributed by atoms with Crippen LogP contribution in [0.4, 0.5) is 0 Å². The van der Waals surface area contributed by atoms with Gasteiger partial charge in [0.25, 0.3) is 0 Å². The summed E-state index contributed by atoms with van der Waals surface area (Å²) in [5.41, 5.74) is 4.92. The number of rotatable bonds is 0. The van der Waals surface area contributed by atoms with Gasteiger partial charge >= 0.3 is 0 Å². The highest BCUT2D eigenvalue weighted by molar-refractivity contribution is 6.19. The molecule has 0 radical (unpaired) electrons. The third kappa shape index (κ3) is 1.90. The third-order valence-electron chi connectivity index (χ3n) is 5.27. The molecule has 20 heavy (non-hydrogen) atoms. The lowest BCUT2D eigenvalue weighted by Crippen LogP contribution is -2.28. The number of allylic oxidation sites excluding steroid dienone is 3. The Morgan fingerprint density at radius 3 is 2.95 bits per heavy atom. The normalized spacial score (nSPS) is 39.5. The van der Waals surface area contributed by atoms with Crippen molar-refractivity contribution in [3.63, 3.8) is 0 Å². The quantitative estimate of drug-likeness (QED) is 0.708. The van der Waals surface area contributed by atoms with Gasteiger partial charge in [0.15, 0.2) is 0 Å². The molecule has 3 aliphatic carbocycles. The lowest BCUT2D eigenvalue weighted by molar-refractivity contribution is 0.104. The van der Waals surface area contributed by atoms with E-state index in [1.54, 1.807) is 0 Å². The van der Waals surface area contributed by atoms with Gasteiger partial charge in [-0.15, -0.1) is 0 Å². The summed E-state index contributed by atoms with van der Waals surface area (Å²) in [7, 11) is 0. The van der Waals surface area contributed by atoms with E-state index in [1.165, 1.54) is 11.1 Å². The fourth-order valence-electron chi connectivity index (χ4n) is 4.20. The van der Waals surface area contributed by atoms with Crippen molar-refractivity contribution in [2.24, 2.45) is 22.0 Å². The molecule has 106 valence electrons. The number of hydrogen-bond donors (Lipinski definition) is 2. The zero-order valence-electron chi connectivity index (χ0n) is 11.5. The minimum absolute atomic E-state index is 0.167. The maximum absolute atomic E-state index is 10.5. The van der Waals surface area contributed by atoms with Gasteiger partial charge in [-0.25, -0.2) is 0 Å². The fraction of sp³-hybridized carbons (Fsp3) is 0.625. The highest BCUT2D eigenvalue weighted by atomic mass is 16.3. The van der Waals surface area contributed by atoms with Gasteiger partial charge in [0.1, 0.15) is 0 Å². The summed E-state index contributed by atoms with van der Waals surface area (Å²) in [5, 5.41) is 28.6. The first-order valence-corrected chi connectivity index (χ1v) is 7.63. The molecule has 1 fully saturated rings. The van der Waals surface area contributed by atoms with E-state index in [0.717, 1.165) is 49.8 Å². The van der Waals surface area contributed by atoms with Crippen molar-refractivity contribution in [1.29, 1.82) is 0 Å². The molecule has 2 N–H and O–H groups in total. The molecule has 0 bridgehead atoms. The predicted octanol–water partition coefficient (Wildman–Crippen LogP) is 1.99. The maximum atomic E-state index is 10.5. The van der Waals surface area contributed by atoms with E-state index in [4.69, 9.17) is 0 Å². The molecule has 0 spiro atoms. The summed E-state index contributed by atoms with van der Waals surface area (Å²) < 4.78 is 0.